The van der Waals surface area contributed by atoms with Crippen LogP contribution in [0.25, 0.3) is 0 Å². The van der Waals surface area contributed by atoms with Crippen molar-refractivity contribution in [3.8, 4) is 0 Å². The van der Waals surface area contributed by atoms with Crippen molar-refractivity contribution in [1.29, 1.82) is 0 Å². The van der Waals surface area contributed by atoms with Crippen molar-refractivity contribution in [3.05, 3.63) is 18.0 Å². The molecule has 0 aliphatic carbocycles. The molecule has 0 heterocycles. The SMILES string of the molecule is C=C[N+]([O-])=NCCCCCC(C)C. The van der Waals surface area contributed by atoms with Gasteiger partial charge in [-0.05, 0) is 24.0 Å². The molecule has 0 aromatic carbocycles. The van der Waals surface area contributed by atoms with Gasteiger partial charge in [0.1, 0.15) is 6.54 Å². The highest BCUT2D eigenvalue weighted by atomic mass is 16.5. The molecule has 3 nitrogen and oxygen atoms in total. The molecule has 0 aromatic rings. The second-order valence-corrected chi connectivity index (χ2v) is 3.59. The standard InChI is InChI=1S/C10H20N2O/c1-4-12(13)11-9-7-5-6-8-10(2)3/h4,10H,1,5-9H2,2-3H3. The summed E-state index contributed by atoms with van der Waals surface area (Å²) >= 11 is 0. The van der Waals surface area contributed by atoms with Crippen molar-refractivity contribution in [1.82, 2.24) is 0 Å². The van der Waals surface area contributed by atoms with E-state index >= 15 is 0 Å². The van der Waals surface area contributed by atoms with E-state index in [-0.39, 0.29) is 0 Å². The van der Waals surface area contributed by atoms with Crippen LogP contribution in [0.1, 0.15) is 39.5 Å². The van der Waals surface area contributed by atoms with Crippen LogP contribution in [0.3, 0.4) is 0 Å². The minimum Gasteiger partial charge on any atom is -0.595 e. The van der Waals surface area contributed by atoms with Crippen LogP contribution in [-0.2, 0) is 0 Å². The summed E-state index contributed by atoms with van der Waals surface area (Å²) in [6, 6.07) is 0. The minimum absolute atomic E-state index is 0.530. The predicted octanol–water partition coefficient (Wildman–Crippen LogP) is 3.31. The molecular weight excluding hydrogens is 164 g/mol. The first-order chi connectivity index (χ1) is 6.16. The van der Waals surface area contributed by atoms with E-state index < -0.39 is 0 Å². The first-order valence-corrected chi connectivity index (χ1v) is 4.93. The normalized spacial score (nSPS) is 12.1. The molecule has 0 N–H and O–H groups in total. The monoisotopic (exact) mass is 184 g/mol. The van der Waals surface area contributed by atoms with Crippen molar-refractivity contribution < 1.29 is 4.86 Å². The molecule has 3 heteroatoms. The highest BCUT2D eigenvalue weighted by Crippen LogP contribution is 2.07. The number of azo groups is 1. The Morgan fingerprint density at radius 1 is 1.38 bits per heavy atom. The molecule has 0 bridgehead atoms. The number of unbranched alkanes of at least 4 members (excludes halogenated alkanes) is 2. The molecule has 0 saturated carbocycles. The lowest BCUT2D eigenvalue weighted by Crippen LogP contribution is -1.92. The van der Waals surface area contributed by atoms with Gasteiger partial charge >= 0.3 is 0 Å². The van der Waals surface area contributed by atoms with Crippen LogP contribution in [0.5, 0.6) is 0 Å². The predicted molar refractivity (Wildman–Crippen MR) is 54.4 cm³/mol. The van der Waals surface area contributed by atoms with Gasteiger partial charge in [-0.15, -0.1) is 0 Å². The fourth-order valence-corrected chi connectivity index (χ4v) is 1.07. The van der Waals surface area contributed by atoms with E-state index in [4.69, 9.17) is 0 Å². The van der Waals surface area contributed by atoms with E-state index in [1.165, 1.54) is 19.0 Å². The number of hydrogen-bond acceptors (Lipinski definition) is 2. The molecule has 0 unspecified atom stereocenters. The maximum absolute atomic E-state index is 10.6. The third kappa shape index (κ3) is 9.05. The average Bonchev–Trinajstić information content (AvgIpc) is 2.10. The molecule has 76 valence electrons. The summed E-state index contributed by atoms with van der Waals surface area (Å²) in [6.07, 6.45) is 5.84. The van der Waals surface area contributed by atoms with Gasteiger partial charge in [0, 0.05) is 0 Å². The van der Waals surface area contributed by atoms with E-state index in [1.807, 2.05) is 0 Å². The maximum atomic E-state index is 10.6. The van der Waals surface area contributed by atoms with Crippen molar-refractivity contribution in [2.24, 2.45) is 11.0 Å². The van der Waals surface area contributed by atoms with Gasteiger partial charge in [-0.25, -0.2) is 0 Å². The minimum atomic E-state index is 0.530. The summed E-state index contributed by atoms with van der Waals surface area (Å²) in [4.78, 5) is 0.530. The van der Waals surface area contributed by atoms with E-state index in [9.17, 15) is 5.21 Å². The second kappa shape index (κ2) is 7.77. The van der Waals surface area contributed by atoms with Crippen LogP contribution in [0.15, 0.2) is 17.9 Å². The molecule has 0 amide bonds. The Kier molecular flexibility index (Phi) is 7.26. The van der Waals surface area contributed by atoms with Crippen LogP contribution in [0, 0.1) is 11.1 Å². The molecule has 0 spiro atoms. The topological polar surface area (TPSA) is 38.4 Å². The summed E-state index contributed by atoms with van der Waals surface area (Å²) in [7, 11) is 0. The Labute approximate surface area is 80.7 Å². The zero-order chi connectivity index (χ0) is 10.1. The van der Waals surface area contributed by atoms with Crippen molar-refractivity contribution in [2.75, 3.05) is 6.54 Å². The van der Waals surface area contributed by atoms with Crippen molar-refractivity contribution in [2.45, 2.75) is 39.5 Å². The van der Waals surface area contributed by atoms with E-state index in [2.05, 4.69) is 25.5 Å². The average molecular weight is 184 g/mol. The fourth-order valence-electron chi connectivity index (χ4n) is 1.07. The van der Waals surface area contributed by atoms with Gasteiger partial charge in [0.25, 0.3) is 0 Å². The lowest BCUT2D eigenvalue weighted by Gasteiger charge is -2.01. The maximum Gasteiger partial charge on any atom is 0.202 e. The van der Waals surface area contributed by atoms with Crippen LogP contribution < -0.4 is 0 Å². The molecule has 0 aliphatic rings. The molecule has 0 radical (unpaired) electrons. The first kappa shape index (κ1) is 12.1. The number of hydrogen-bond donors (Lipinski definition) is 0. The summed E-state index contributed by atoms with van der Waals surface area (Å²) in [5.41, 5.74) is 0. The van der Waals surface area contributed by atoms with E-state index in [1.54, 1.807) is 0 Å². The van der Waals surface area contributed by atoms with E-state index in [0.29, 0.717) is 11.4 Å². The van der Waals surface area contributed by atoms with Crippen molar-refractivity contribution >= 4 is 0 Å². The Balaban J connectivity index is 3.22. The zero-order valence-corrected chi connectivity index (χ0v) is 8.70. The third-order valence-corrected chi connectivity index (χ3v) is 1.84. The first-order valence-electron chi connectivity index (χ1n) is 4.93. The lowest BCUT2D eigenvalue weighted by atomic mass is 10.1. The highest BCUT2D eigenvalue weighted by molar-refractivity contribution is 4.48. The molecule has 0 fully saturated rings. The van der Waals surface area contributed by atoms with Crippen LogP contribution in [0.2, 0.25) is 0 Å². The molecule has 13 heavy (non-hydrogen) atoms. The third-order valence-electron chi connectivity index (χ3n) is 1.84. The smallest absolute Gasteiger partial charge is 0.202 e. The summed E-state index contributed by atoms with van der Waals surface area (Å²) in [6.45, 7) is 8.38. The largest absolute Gasteiger partial charge is 0.595 e. The van der Waals surface area contributed by atoms with Crippen molar-refractivity contribution in [3.63, 3.8) is 0 Å². The Morgan fingerprint density at radius 2 is 2.08 bits per heavy atom. The molecule has 0 saturated heterocycles. The van der Waals surface area contributed by atoms with Gasteiger partial charge in [0.15, 0.2) is 0 Å². The van der Waals surface area contributed by atoms with Gasteiger partial charge in [0.2, 0.25) is 6.20 Å². The second-order valence-electron chi connectivity index (χ2n) is 3.59. The highest BCUT2D eigenvalue weighted by Gasteiger charge is 1.94. The molecular formula is C10H20N2O. The number of rotatable bonds is 7. The Hall–Kier alpha value is -0.860. The Morgan fingerprint density at radius 3 is 2.62 bits per heavy atom. The molecule has 0 rings (SSSR count). The zero-order valence-electron chi connectivity index (χ0n) is 8.70. The fraction of sp³-hybridized carbons (Fsp3) is 0.800. The number of nitrogens with zero attached hydrogens (tertiary/aromatic N) is 2. The van der Waals surface area contributed by atoms with Crippen LogP contribution >= 0.6 is 0 Å². The molecule has 0 atom stereocenters. The molecule has 0 aromatic heterocycles. The van der Waals surface area contributed by atoms with Gasteiger partial charge in [-0.1, -0.05) is 38.0 Å². The molecule has 0 aliphatic heterocycles. The van der Waals surface area contributed by atoms with Crippen LogP contribution in [0.4, 0.5) is 0 Å². The summed E-state index contributed by atoms with van der Waals surface area (Å²) in [5.74, 6) is 0.779. The van der Waals surface area contributed by atoms with Crippen LogP contribution in [-0.4, -0.2) is 11.4 Å². The quantitative estimate of drug-likeness (QED) is 0.259. The lowest BCUT2D eigenvalue weighted by molar-refractivity contribution is -0.458. The number of hydroxylamine groups is 1. The summed E-state index contributed by atoms with van der Waals surface area (Å²) < 4.78 is 0. The van der Waals surface area contributed by atoms with Gasteiger partial charge in [-0.3, -0.25) is 0 Å². The van der Waals surface area contributed by atoms with Gasteiger partial charge in [-0.2, -0.15) is 0 Å². The van der Waals surface area contributed by atoms with Gasteiger partial charge < -0.3 is 5.21 Å². The summed E-state index contributed by atoms with van der Waals surface area (Å²) in [5, 5.41) is 14.3. The van der Waals surface area contributed by atoms with E-state index in [0.717, 1.165) is 18.8 Å². The van der Waals surface area contributed by atoms with Gasteiger partial charge in [0.05, 0.1) is 0 Å². The Bertz CT molecular complexity index is 164.